The van der Waals surface area contributed by atoms with Gasteiger partial charge in [0.15, 0.2) is 5.84 Å². The van der Waals surface area contributed by atoms with Crippen molar-refractivity contribution in [3.8, 4) is 11.6 Å². The van der Waals surface area contributed by atoms with Crippen LogP contribution in [0.2, 0.25) is 0 Å². The van der Waals surface area contributed by atoms with Crippen LogP contribution in [0, 0.1) is 19.7 Å². The summed E-state index contributed by atoms with van der Waals surface area (Å²) in [5, 5.41) is 9.51. The van der Waals surface area contributed by atoms with Gasteiger partial charge in [0.2, 0.25) is 5.88 Å². The molecular weight excluding hydrogens is 337 g/mol. The van der Waals surface area contributed by atoms with E-state index in [1.807, 2.05) is 19.1 Å². The topological polar surface area (TPSA) is 79.9 Å². The third-order valence-corrected chi connectivity index (χ3v) is 3.56. The van der Waals surface area contributed by atoms with Crippen LogP contribution >= 0.6 is 0 Å². The molecule has 0 amide bonds. The number of ether oxygens (including phenoxy) is 1. The number of aromatic nitrogens is 1. The molecule has 0 unspecified atom stereocenters. The molecule has 2 N–H and O–H groups in total. The molecule has 6 nitrogen and oxygen atoms in total. The van der Waals surface area contributed by atoms with Crippen molar-refractivity contribution in [1.82, 2.24) is 10.5 Å². The molecule has 2 heterocycles. The fourth-order valence-electron chi connectivity index (χ4n) is 2.34. The third kappa shape index (κ3) is 4.25. The van der Waals surface area contributed by atoms with E-state index in [4.69, 9.17) is 9.15 Å². The summed E-state index contributed by atoms with van der Waals surface area (Å²) in [7, 11) is 0. The fourth-order valence-corrected chi connectivity index (χ4v) is 2.34. The Kier molecular flexibility index (Phi) is 5.28. The molecule has 0 spiro atoms. The highest BCUT2D eigenvalue weighted by Gasteiger charge is 2.14. The van der Waals surface area contributed by atoms with E-state index in [1.54, 1.807) is 31.2 Å². The molecule has 0 saturated heterocycles. The summed E-state index contributed by atoms with van der Waals surface area (Å²) >= 11 is 0. The van der Waals surface area contributed by atoms with Gasteiger partial charge in [-0.2, -0.15) is 0 Å². The smallest absolute Gasteiger partial charge is 0.230 e. The number of aliphatic imine (C=N–C) groups is 1. The Morgan fingerprint density at radius 1 is 1.23 bits per heavy atom. The van der Waals surface area contributed by atoms with Crippen molar-refractivity contribution in [2.24, 2.45) is 4.99 Å². The highest BCUT2D eigenvalue weighted by atomic mass is 19.1. The number of nitrogens with one attached hydrogen (secondary N) is 1. The number of furan rings is 1. The highest BCUT2D eigenvalue weighted by molar-refractivity contribution is 6.00. The van der Waals surface area contributed by atoms with Crippen LogP contribution < -0.4 is 10.2 Å². The summed E-state index contributed by atoms with van der Waals surface area (Å²) in [6, 6.07) is 12.9. The lowest BCUT2D eigenvalue weighted by Gasteiger charge is -2.12. The summed E-state index contributed by atoms with van der Waals surface area (Å²) < 4.78 is 24.6. The van der Waals surface area contributed by atoms with E-state index in [0.29, 0.717) is 22.8 Å². The predicted molar refractivity (Wildman–Crippen MR) is 94.1 cm³/mol. The third-order valence-electron chi connectivity index (χ3n) is 3.56. The molecule has 7 heteroatoms. The first-order chi connectivity index (χ1) is 12.5. The Morgan fingerprint density at radius 3 is 2.77 bits per heavy atom. The van der Waals surface area contributed by atoms with Gasteiger partial charge < -0.3 is 9.15 Å². The maximum Gasteiger partial charge on any atom is 0.230 e. The summed E-state index contributed by atoms with van der Waals surface area (Å²) in [6.45, 7) is 3.87. The predicted octanol–water partition coefficient (Wildman–Crippen LogP) is 4.15. The van der Waals surface area contributed by atoms with Gasteiger partial charge in [0.05, 0.1) is 12.1 Å². The number of hydrogen-bond donors (Lipinski definition) is 2. The summed E-state index contributed by atoms with van der Waals surface area (Å²) in [5.41, 5.74) is 3.21. The molecule has 3 aromatic rings. The SMILES string of the molecule is Cc1ccc(C(=NCc2ccc(C)o2)NO)c(Oc2cccc(F)c2)n1. The van der Waals surface area contributed by atoms with Crippen molar-refractivity contribution >= 4 is 5.84 Å². The lowest BCUT2D eigenvalue weighted by Crippen LogP contribution is -2.21. The molecule has 0 saturated carbocycles. The molecule has 3 rings (SSSR count). The number of hydrogen-bond acceptors (Lipinski definition) is 5. The average Bonchev–Trinajstić information content (AvgIpc) is 3.02. The zero-order chi connectivity index (χ0) is 18.5. The van der Waals surface area contributed by atoms with Gasteiger partial charge in [0.25, 0.3) is 0 Å². The van der Waals surface area contributed by atoms with Crippen LogP contribution in [0.15, 0.2) is 57.9 Å². The lowest BCUT2D eigenvalue weighted by molar-refractivity contribution is 0.234. The van der Waals surface area contributed by atoms with Crippen molar-refractivity contribution in [3.63, 3.8) is 0 Å². The number of rotatable bonds is 5. The van der Waals surface area contributed by atoms with E-state index in [0.717, 1.165) is 5.76 Å². The van der Waals surface area contributed by atoms with Crippen LogP contribution in [0.5, 0.6) is 11.6 Å². The molecule has 0 bridgehead atoms. The van der Waals surface area contributed by atoms with Crippen LogP contribution in [-0.2, 0) is 6.54 Å². The van der Waals surface area contributed by atoms with Crippen LogP contribution in [-0.4, -0.2) is 16.0 Å². The number of halogens is 1. The average molecular weight is 355 g/mol. The monoisotopic (exact) mass is 355 g/mol. The van der Waals surface area contributed by atoms with Crippen molar-refractivity contribution in [3.05, 3.63) is 77.1 Å². The zero-order valence-corrected chi connectivity index (χ0v) is 14.4. The first kappa shape index (κ1) is 17.6. The minimum atomic E-state index is -0.418. The van der Waals surface area contributed by atoms with Crippen molar-refractivity contribution in [2.75, 3.05) is 0 Å². The molecule has 26 heavy (non-hydrogen) atoms. The van der Waals surface area contributed by atoms with Crippen molar-refractivity contribution in [1.29, 1.82) is 0 Å². The Morgan fingerprint density at radius 2 is 2.08 bits per heavy atom. The number of aryl methyl sites for hydroxylation is 2. The van der Waals surface area contributed by atoms with E-state index < -0.39 is 5.82 Å². The van der Waals surface area contributed by atoms with E-state index in [-0.39, 0.29) is 18.3 Å². The van der Waals surface area contributed by atoms with Gasteiger partial charge in [-0.3, -0.25) is 15.7 Å². The molecule has 134 valence electrons. The second-order valence-electron chi connectivity index (χ2n) is 5.65. The minimum Gasteiger partial charge on any atom is -0.464 e. The number of nitrogens with zero attached hydrogens (tertiary/aromatic N) is 2. The number of amidine groups is 1. The van der Waals surface area contributed by atoms with E-state index in [1.165, 1.54) is 12.1 Å². The Bertz CT molecular complexity index is 937. The summed E-state index contributed by atoms with van der Waals surface area (Å²) in [4.78, 5) is 8.64. The first-order valence-corrected chi connectivity index (χ1v) is 7.96. The second-order valence-corrected chi connectivity index (χ2v) is 5.65. The Labute approximate surface area is 149 Å². The first-order valence-electron chi connectivity index (χ1n) is 7.96. The Balaban J connectivity index is 1.92. The van der Waals surface area contributed by atoms with Crippen LogP contribution in [0.25, 0.3) is 0 Å². The molecule has 2 aromatic heterocycles. The molecule has 0 atom stereocenters. The quantitative estimate of drug-likeness (QED) is 0.408. The van der Waals surface area contributed by atoms with Crippen LogP contribution in [0.1, 0.15) is 22.8 Å². The maximum atomic E-state index is 13.4. The number of benzene rings is 1. The molecule has 0 aliphatic rings. The molecule has 0 radical (unpaired) electrons. The molecule has 0 aliphatic heterocycles. The molecular formula is C19H18FN3O3. The second kappa shape index (κ2) is 7.79. The van der Waals surface area contributed by atoms with Gasteiger partial charge >= 0.3 is 0 Å². The molecule has 1 aromatic carbocycles. The highest BCUT2D eigenvalue weighted by Crippen LogP contribution is 2.25. The Hall–Kier alpha value is -3.19. The van der Waals surface area contributed by atoms with Gasteiger partial charge in [-0.15, -0.1) is 0 Å². The summed E-state index contributed by atoms with van der Waals surface area (Å²) in [6.07, 6.45) is 0. The van der Waals surface area contributed by atoms with Gasteiger partial charge in [-0.25, -0.2) is 9.37 Å². The van der Waals surface area contributed by atoms with E-state index >= 15 is 0 Å². The number of pyridine rings is 1. The molecule has 0 aliphatic carbocycles. The standard InChI is InChI=1S/C19H18FN3O3/c1-12-6-9-17(18(23-24)21-11-16-8-7-13(2)25-16)19(22-12)26-15-5-3-4-14(20)10-15/h3-10,24H,11H2,1-2H3,(H,21,23). The van der Waals surface area contributed by atoms with Gasteiger partial charge in [0.1, 0.15) is 23.1 Å². The largest absolute Gasteiger partial charge is 0.464 e. The molecule has 0 fully saturated rings. The van der Waals surface area contributed by atoms with E-state index in [9.17, 15) is 9.60 Å². The van der Waals surface area contributed by atoms with Crippen molar-refractivity contribution < 1.29 is 18.8 Å². The zero-order valence-electron chi connectivity index (χ0n) is 14.4. The normalized spacial score (nSPS) is 11.5. The van der Waals surface area contributed by atoms with Crippen molar-refractivity contribution in [2.45, 2.75) is 20.4 Å². The van der Waals surface area contributed by atoms with E-state index in [2.05, 4.69) is 15.5 Å². The van der Waals surface area contributed by atoms with Crippen LogP contribution in [0.3, 0.4) is 0 Å². The number of hydroxylamine groups is 1. The lowest BCUT2D eigenvalue weighted by atomic mass is 10.2. The maximum absolute atomic E-state index is 13.4. The van der Waals surface area contributed by atoms with Gasteiger partial charge in [0, 0.05) is 11.8 Å². The van der Waals surface area contributed by atoms with Gasteiger partial charge in [-0.05, 0) is 50.2 Å². The van der Waals surface area contributed by atoms with Gasteiger partial charge in [-0.1, -0.05) is 6.07 Å². The summed E-state index contributed by atoms with van der Waals surface area (Å²) in [5.74, 6) is 1.68. The fraction of sp³-hybridized carbons (Fsp3) is 0.158. The minimum absolute atomic E-state index is 0.165. The van der Waals surface area contributed by atoms with Crippen LogP contribution in [0.4, 0.5) is 4.39 Å².